The molecule has 0 aliphatic carbocycles. The Morgan fingerprint density at radius 1 is 1.25 bits per heavy atom. The van der Waals surface area contributed by atoms with Crippen molar-refractivity contribution in [3.05, 3.63) is 42.0 Å². The maximum Gasteiger partial charge on any atom is 0.339 e. The Morgan fingerprint density at radius 3 is 2.69 bits per heavy atom. The molecule has 3 nitrogen and oxygen atoms in total. The van der Waals surface area contributed by atoms with Crippen molar-refractivity contribution in [2.75, 3.05) is 6.61 Å². The number of rotatable bonds is 3. The van der Waals surface area contributed by atoms with E-state index in [0.29, 0.717) is 12.4 Å². The van der Waals surface area contributed by atoms with Crippen LogP contribution in [0.4, 0.5) is 0 Å². The van der Waals surface area contributed by atoms with E-state index in [4.69, 9.17) is 9.84 Å². The van der Waals surface area contributed by atoms with Gasteiger partial charge in [0.1, 0.15) is 11.3 Å². The van der Waals surface area contributed by atoms with Gasteiger partial charge in [-0.25, -0.2) is 4.79 Å². The van der Waals surface area contributed by atoms with Gasteiger partial charge in [-0.05, 0) is 18.4 Å². The molecule has 0 amide bonds. The minimum Gasteiger partial charge on any atom is -0.492 e. The highest BCUT2D eigenvalue weighted by molar-refractivity contribution is 6.00. The van der Waals surface area contributed by atoms with E-state index >= 15 is 0 Å². The second-order valence-electron chi connectivity index (χ2n) is 3.40. The summed E-state index contributed by atoms with van der Waals surface area (Å²) < 4.78 is 5.43. The maximum atomic E-state index is 11.1. The van der Waals surface area contributed by atoms with E-state index in [-0.39, 0.29) is 5.56 Å². The minimum atomic E-state index is -0.964. The van der Waals surface area contributed by atoms with Crippen molar-refractivity contribution in [2.45, 2.75) is 6.92 Å². The van der Waals surface area contributed by atoms with E-state index in [2.05, 4.69) is 0 Å². The summed E-state index contributed by atoms with van der Waals surface area (Å²) in [5.74, 6) is -0.512. The molecule has 3 heteroatoms. The summed E-state index contributed by atoms with van der Waals surface area (Å²) in [7, 11) is 0. The van der Waals surface area contributed by atoms with E-state index in [1.165, 1.54) is 0 Å². The van der Waals surface area contributed by atoms with Crippen LogP contribution in [0, 0.1) is 0 Å². The van der Waals surface area contributed by atoms with E-state index < -0.39 is 5.97 Å². The highest BCUT2D eigenvalue weighted by Gasteiger charge is 2.13. The molecule has 0 aliphatic rings. The monoisotopic (exact) mass is 216 g/mol. The number of benzene rings is 2. The third-order valence-electron chi connectivity index (χ3n) is 2.40. The zero-order valence-electron chi connectivity index (χ0n) is 8.93. The van der Waals surface area contributed by atoms with Crippen LogP contribution in [-0.2, 0) is 0 Å². The summed E-state index contributed by atoms with van der Waals surface area (Å²) in [6.07, 6.45) is 0. The first-order valence-corrected chi connectivity index (χ1v) is 5.12. The van der Waals surface area contributed by atoms with Crippen molar-refractivity contribution in [3.8, 4) is 5.75 Å². The molecule has 0 heterocycles. The zero-order chi connectivity index (χ0) is 11.5. The number of fused-ring (bicyclic) bond motifs is 1. The third kappa shape index (κ3) is 1.72. The van der Waals surface area contributed by atoms with Gasteiger partial charge >= 0.3 is 5.97 Å². The first kappa shape index (κ1) is 10.5. The van der Waals surface area contributed by atoms with Crippen molar-refractivity contribution in [2.24, 2.45) is 0 Å². The molecule has 0 atom stereocenters. The van der Waals surface area contributed by atoms with Crippen LogP contribution in [0.2, 0.25) is 0 Å². The number of hydrogen-bond acceptors (Lipinski definition) is 2. The molecule has 1 N–H and O–H groups in total. The number of hydrogen-bond donors (Lipinski definition) is 1. The van der Waals surface area contributed by atoms with E-state index in [1.54, 1.807) is 12.1 Å². The maximum absolute atomic E-state index is 11.1. The molecule has 16 heavy (non-hydrogen) atoms. The molecule has 0 aliphatic heterocycles. The molecular weight excluding hydrogens is 204 g/mol. The van der Waals surface area contributed by atoms with Crippen molar-refractivity contribution >= 4 is 16.7 Å². The van der Waals surface area contributed by atoms with Gasteiger partial charge in [-0.3, -0.25) is 0 Å². The summed E-state index contributed by atoms with van der Waals surface area (Å²) >= 11 is 0. The predicted octanol–water partition coefficient (Wildman–Crippen LogP) is 2.94. The number of aromatic carboxylic acids is 1. The molecule has 2 rings (SSSR count). The molecule has 2 aromatic carbocycles. The van der Waals surface area contributed by atoms with E-state index in [9.17, 15) is 4.79 Å². The van der Waals surface area contributed by atoms with Crippen LogP contribution in [0.3, 0.4) is 0 Å². The normalized spacial score (nSPS) is 10.3. The van der Waals surface area contributed by atoms with Gasteiger partial charge in [0.25, 0.3) is 0 Å². The van der Waals surface area contributed by atoms with Crippen LogP contribution < -0.4 is 4.74 Å². The lowest BCUT2D eigenvalue weighted by Gasteiger charge is -2.10. The summed E-state index contributed by atoms with van der Waals surface area (Å²) in [4.78, 5) is 11.1. The van der Waals surface area contributed by atoms with Gasteiger partial charge in [0, 0.05) is 5.39 Å². The smallest absolute Gasteiger partial charge is 0.339 e. The number of ether oxygens (including phenoxy) is 1. The fourth-order valence-electron chi connectivity index (χ4n) is 1.71. The lowest BCUT2D eigenvalue weighted by molar-refractivity contribution is 0.0693. The van der Waals surface area contributed by atoms with Gasteiger partial charge in [0.15, 0.2) is 0 Å². The second-order valence-corrected chi connectivity index (χ2v) is 3.40. The fourth-order valence-corrected chi connectivity index (χ4v) is 1.71. The zero-order valence-corrected chi connectivity index (χ0v) is 8.93. The molecule has 2 aromatic rings. The first-order valence-electron chi connectivity index (χ1n) is 5.12. The van der Waals surface area contributed by atoms with Crippen LogP contribution in [0.1, 0.15) is 17.3 Å². The molecule has 82 valence electrons. The Labute approximate surface area is 93.3 Å². The summed E-state index contributed by atoms with van der Waals surface area (Å²) in [6.45, 7) is 2.29. The Kier molecular flexibility index (Phi) is 2.77. The topological polar surface area (TPSA) is 46.5 Å². The van der Waals surface area contributed by atoms with Gasteiger partial charge in [0.2, 0.25) is 0 Å². The van der Waals surface area contributed by atoms with E-state index in [1.807, 2.05) is 31.2 Å². The standard InChI is InChI=1S/C13H12O3/c1-2-16-12-10-6-4-3-5-9(10)7-8-11(12)13(14)15/h3-8H,2H2,1H3,(H,14,15). The Morgan fingerprint density at radius 2 is 2.00 bits per heavy atom. The highest BCUT2D eigenvalue weighted by atomic mass is 16.5. The molecule has 0 spiro atoms. The molecule has 0 saturated heterocycles. The van der Waals surface area contributed by atoms with Gasteiger partial charge < -0.3 is 9.84 Å². The summed E-state index contributed by atoms with van der Waals surface area (Å²) in [6, 6.07) is 11.0. The largest absolute Gasteiger partial charge is 0.492 e. The molecule has 0 saturated carbocycles. The van der Waals surface area contributed by atoms with Crippen molar-refractivity contribution in [1.29, 1.82) is 0 Å². The van der Waals surface area contributed by atoms with Gasteiger partial charge in [-0.15, -0.1) is 0 Å². The molecule has 0 bridgehead atoms. The minimum absolute atomic E-state index is 0.209. The molecule has 0 unspecified atom stereocenters. The lowest BCUT2D eigenvalue weighted by Crippen LogP contribution is -2.03. The van der Waals surface area contributed by atoms with Gasteiger partial charge in [-0.1, -0.05) is 30.3 Å². The second kappa shape index (κ2) is 4.23. The average Bonchev–Trinajstić information content (AvgIpc) is 2.29. The van der Waals surface area contributed by atoms with Crippen LogP contribution in [0.5, 0.6) is 5.75 Å². The SMILES string of the molecule is CCOc1c(C(=O)O)ccc2ccccc12. The summed E-state index contributed by atoms with van der Waals surface area (Å²) in [5.41, 5.74) is 0.209. The molecule has 0 radical (unpaired) electrons. The Balaban J connectivity index is 2.73. The number of carboxylic acid groups (broad SMARTS) is 1. The van der Waals surface area contributed by atoms with Crippen molar-refractivity contribution < 1.29 is 14.6 Å². The molecule has 0 aromatic heterocycles. The van der Waals surface area contributed by atoms with Crippen LogP contribution >= 0.6 is 0 Å². The van der Waals surface area contributed by atoms with Crippen LogP contribution in [-0.4, -0.2) is 17.7 Å². The Bertz CT molecular complexity index is 532. The quantitative estimate of drug-likeness (QED) is 0.858. The van der Waals surface area contributed by atoms with Gasteiger partial charge in [-0.2, -0.15) is 0 Å². The van der Waals surface area contributed by atoms with Crippen molar-refractivity contribution in [1.82, 2.24) is 0 Å². The number of carboxylic acids is 1. The lowest BCUT2D eigenvalue weighted by atomic mass is 10.1. The highest BCUT2D eigenvalue weighted by Crippen LogP contribution is 2.29. The third-order valence-corrected chi connectivity index (χ3v) is 2.40. The first-order chi connectivity index (χ1) is 7.74. The number of carbonyl (C=O) groups is 1. The van der Waals surface area contributed by atoms with Crippen LogP contribution in [0.15, 0.2) is 36.4 Å². The van der Waals surface area contributed by atoms with Crippen molar-refractivity contribution in [3.63, 3.8) is 0 Å². The van der Waals surface area contributed by atoms with E-state index in [0.717, 1.165) is 10.8 Å². The van der Waals surface area contributed by atoms with Crippen LogP contribution in [0.25, 0.3) is 10.8 Å². The molecular formula is C13H12O3. The Hall–Kier alpha value is -2.03. The average molecular weight is 216 g/mol. The fraction of sp³-hybridized carbons (Fsp3) is 0.154. The predicted molar refractivity (Wildman–Crippen MR) is 62.1 cm³/mol. The van der Waals surface area contributed by atoms with Gasteiger partial charge in [0.05, 0.1) is 6.61 Å². The molecule has 0 fully saturated rings. The summed E-state index contributed by atoms with van der Waals surface area (Å²) in [5, 5.41) is 10.9.